The van der Waals surface area contributed by atoms with Gasteiger partial charge in [-0.2, -0.15) is 0 Å². The van der Waals surface area contributed by atoms with Crippen LogP contribution in [0, 0.1) is 0 Å². The molecule has 0 aromatic heterocycles. The van der Waals surface area contributed by atoms with Gasteiger partial charge in [0.25, 0.3) is 0 Å². The molecule has 110 valence electrons. The molecule has 0 aliphatic heterocycles. The van der Waals surface area contributed by atoms with Crippen molar-refractivity contribution in [1.29, 1.82) is 0 Å². The number of methoxy groups -OCH3 is 2. The second-order valence-corrected chi connectivity index (χ2v) is 3.94. The minimum Gasteiger partial charge on any atom is -0.497 e. The zero-order chi connectivity index (χ0) is 15.1. The van der Waals surface area contributed by atoms with Crippen LogP contribution in [0.4, 0.5) is 10.5 Å². The lowest BCUT2D eigenvalue weighted by Gasteiger charge is -2.19. The van der Waals surface area contributed by atoms with Gasteiger partial charge in [0, 0.05) is 30.4 Å². The smallest absolute Gasteiger partial charge is 0.323 e. The highest BCUT2D eigenvalue weighted by Crippen LogP contribution is 2.25. The van der Waals surface area contributed by atoms with Crippen LogP contribution in [-0.2, 0) is 4.79 Å². The number of likely N-dealkylation sites (N-methyl/N-ethyl adjacent to an activating group) is 1. The molecule has 2 amide bonds. The first-order valence-electron chi connectivity index (χ1n) is 6.01. The number of carbonyl (C=O) groups excluding carboxylic acids is 1. The number of carbonyl (C=O) groups is 2. The highest BCUT2D eigenvalue weighted by atomic mass is 16.5. The summed E-state index contributed by atoms with van der Waals surface area (Å²) in [5, 5.41) is 11.3. The van der Waals surface area contributed by atoms with E-state index in [0.29, 0.717) is 23.7 Å². The van der Waals surface area contributed by atoms with Gasteiger partial charge in [0.05, 0.1) is 14.2 Å². The van der Waals surface area contributed by atoms with E-state index in [4.69, 9.17) is 14.6 Å². The van der Waals surface area contributed by atoms with E-state index in [2.05, 4.69) is 5.32 Å². The fourth-order valence-corrected chi connectivity index (χ4v) is 1.57. The van der Waals surface area contributed by atoms with E-state index in [-0.39, 0.29) is 6.54 Å². The predicted octanol–water partition coefficient (Wildman–Crippen LogP) is 1.64. The zero-order valence-electron chi connectivity index (χ0n) is 11.7. The molecular weight excluding hydrogens is 264 g/mol. The van der Waals surface area contributed by atoms with Crippen molar-refractivity contribution in [3.63, 3.8) is 0 Å². The highest BCUT2D eigenvalue weighted by Gasteiger charge is 2.15. The van der Waals surface area contributed by atoms with Gasteiger partial charge < -0.3 is 24.8 Å². The van der Waals surface area contributed by atoms with Crippen LogP contribution < -0.4 is 14.8 Å². The van der Waals surface area contributed by atoms with Crippen LogP contribution in [0.2, 0.25) is 0 Å². The first kappa shape index (κ1) is 15.6. The van der Waals surface area contributed by atoms with Gasteiger partial charge in [-0.15, -0.1) is 0 Å². The van der Waals surface area contributed by atoms with Gasteiger partial charge in [-0.05, 0) is 6.92 Å². The number of ether oxygens (including phenoxy) is 2. The lowest BCUT2D eigenvalue weighted by Crippen LogP contribution is -2.38. The molecule has 0 saturated heterocycles. The van der Waals surface area contributed by atoms with Crippen molar-refractivity contribution in [2.45, 2.75) is 6.92 Å². The van der Waals surface area contributed by atoms with Crippen LogP contribution in [0.1, 0.15) is 6.92 Å². The first-order valence-corrected chi connectivity index (χ1v) is 6.01. The number of nitrogens with zero attached hydrogens (tertiary/aromatic N) is 1. The van der Waals surface area contributed by atoms with Gasteiger partial charge in [0.2, 0.25) is 0 Å². The molecule has 1 rings (SSSR count). The van der Waals surface area contributed by atoms with Crippen molar-refractivity contribution in [2.24, 2.45) is 0 Å². The van der Waals surface area contributed by atoms with Crippen molar-refractivity contribution in [3.05, 3.63) is 18.2 Å². The van der Waals surface area contributed by atoms with E-state index < -0.39 is 12.0 Å². The second kappa shape index (κ2) is 7.22. The molecule has 1 aromatic carbocycles. The molecule has 0 radical (unpaired) electrons. The SMILES string of the molecule is CCN(CC(=O)O)C(=O)Nc1cc(OC)cc(OC)c1. The van der Waals surface area contributed by atoms with Gasteiger partial charge in [0.1, 0.15) is 18.0 Å². The highest BCUT2D eigenvalue weighted by molar-refractivity contribution is 5.91. The number of carboxylic acid groups (broad SMARTS) is 1. The number of nitrogens with one attached hydrogen (secondary N) is 1. The number of carboxylic acids is 1. The summed E-state index contributed by atoms with van der Waals surface area (Å²) in [6.45, 7) is 1.64. The normalized spacial score (nSPS) is 9.75. The quantitative estimate of drug-likeness (QED) is 0.828. The fraction of sp³-hybridized carbons (Fsp3) is 0.385. The predicted molar refractivity (Wildman–Crippen MR) is 73.4 cm³/mol. The number of hydrogen-bond donors (Lipinski definition) is 2. The topological polar surface area (TPSA) is 88.1 Å². The lowest BCUT2D eigenvalue weighted by atomic mass is 10.3. The summed E-state index contributed by atoms with van der Waals surface area (Å²) < 4.78 is 10.2. The number of aliphatic carboxylic acids is 1. The number of hydrogen-bond acceptors (Lipinski definition) is 4. The van der Waals surface area contributed by atoms with Crippen molar-refractivity contribution in [1.82, 2.24) is 4.90 Å². The summed E-state index contributed by atoms with van der Waals surface area (Å²) in [5.74, 6) is -0.00733. The molecule has 0 heterocycles. The minimum absolute atomic E-state index is 0.291. The van der Waals surface area contributed by atoms with Gasteiger partial charge >= 0.3 is 12.0 Å². The van der Waals surface area contributed by atoms with E-state index in [0.717, 1.165) is 0 Å². The molecule has 2 N–H and O–H groups in total. The Balaban J connectivity index is 2.85. The molecule has 0 aliphatic carbocycles. The molecule has 0 aliphatic rings. The average molecular weight is 282 g/mol. The Bertz CT molecular complexity index is 467. The second-order valence-electron chi connectivity index (χ2n) is 3.94. The fourth-order valence-electron chi connectivity index (χ4n) is 1.57. The monoisotopic (exact) mass is 282 g/mol. The Morgan fingerprint density at radius 2 is 1.75 bits per heavy atom. The van der Waals surface area contributed by atoms with Crippen LogP contribution >= 0.6 is 0 Å². The summed E-state index contributed by atoms with van der Waals surface area (Å²) >= 11 is 0. The Kier molecular flexibility index (Phi) is 5.64. The largest absolute Gasteiger partial charge is 0.497 e. The molecule has 0 spiro atoms. The Morgan fingerprint density at radius 3 is 2.15 bits per heavy atom. The maximum absolute atomic E-state index is 11.9. The number of anilines is 1. The maximum Gasteiger partial charge on any atom is 0.323 e. The molecule has 7 heteroatoms. The van der Waals surface area contributed by atoms with Gasteiger partial charge in [0.15, 0.2) is 0 Å². The standard InChI is InChI=1S/C13H18N2O5/c1-4-15(8-12(16)17)13(18)14-9-5-10(19-2)7-11(6-9)20-3/h5-7H,4,8H2,1-3H3,(H,14,18)(H,16,17). The summed E-state index contributed by atoms with van der Waals surface area (Å²) in [6.07, 6.45) is 0. The van der Waals surface area contributed by atoms with Gasteiger partial charge in [-0.1, -0.05) is 0 Å². The molecule has 0 saturated carbocycles. The van der Waals surface area contributed by atoms with Crippen LogP contribution in [-0.4, -0.2) is 49.3 Å². The Labute approximate surface area is 117 Å². The van der Waals surface area contributed by atoms with Crippen molar-refractivity contribution in [3.8, 4) is 11.5 Å². The number of benzene rings is 1. The molecule has 0 atom stereocenters. The van der Waals surface area contributed by atoms with Crippen LogP contribution in [0.5, 0.6) is 11.5 Å². The van der Waals surface area contributed by atoms with Gasteiger partial charge in [-0.3, -0.25) is 4.79 Å². The van der Waals surface area contributed by atoms with Crippen LogP contribution in [0.15, 0.2) is 18.2 Å². The third-order valence-corrected chi connectivity index (χ3v) is 2.60. The first-order chi connectivity index (χ1) is 9.49. The lowest BCUT2D eigenvalue weighted by molar-refractivity contribution is -0.137. The van der Waals surface area contributed by atoms with Crippen LogP contribution in [0.3, 0.4) is 0 Å². The molecule has 20 heavy (non-hydrogen) atoms. The molecule has 1 aromatic rings. The number of rotatable bonds is 6. The molecule has 0 bridgehead atoms. The van der Waals surface area contributed by atoms with E-state index >= 15 is 0 Å². The number of amides is 2. The van der Waals surface area contributed by atoms with Crippen LogP contribution in [0.25, 0.3) is 0 Å². The summed E-state index contributed by atoms with van der Waals surface area (Å²) in [4.78, 5) is 23.8. The third kappa shape index (κ3) is 4.34. The Morgan fingerprint density at radius 1 is 1.20 bits per heavy atom. The Hall–Kier alpha value is -2.44. The van der Waals surface area contributed by atoms with E-state index in [9.17, 15) is 9.59 Å². The maximum atomic E-state index is 11.9. The van der Waals surface area contributed by atoms with Crippen molar-refractivity contribution in [2.75, 3.05) is 32.6 Å². The summed E-state index contributed by atoms with van der Waals surface area (Å²) in [7, 11) is 3.01. The molecule has 7 nitrogen and oxygen atoms in total. The average Bonchev–Trinajstić information content (AvgIpc) is 2.43. The van der Waals surface area contributed by atoms with Gasteiger partial charge in [-0.25, -0.2) is 4.79 Å². The molecule has 0 unspecified atom stereocenters. The third-order valence-electron chi connectivity index (χ3n) is 2.60. The summed E-state index contributed by atoms with van der Waals surface area (Å²) in [5.41, 5.74) is 0.468. The van der Waals surface area contributed by atoms with E-state index in [1.54, 1.807) is 25.1 Å². The zero-order valence-corrected chi connectivity index (χ0v) is 11.7. The minimum atomic E-state index is -1.06. The summed E-state index contributed by atoms with van der Waals surface area (Å²) in [6, 6.07) is 4.42. The molecule has 0 fully saturated rings. The van der Waals surface area contributed by atoms with Crippen molar-refractivity contribution < 1.29 is 24.2 Å². The molecular formula is C13H18N2O5. The number of urea groups is 1. The van der Waals surface area contributed by atoms with Crippen molar-refractivity contribution >= 4 is 17.7 Å². The van der Waals surface area contributed by atoms with E-state index in [1.807, 2.05) is 0 Å². The van der Waals surface area contributed by atoms with E-state index in [1.165, 1.54) is 19.1 Å².